The van der Waals surface area contributed by atoms with E-state index in [0.717, 1.165) is 31.5 Å². The van der Waals surface area contributed by atoms with Crippen LogP contribution in [0.5, 0.6) is 0 Å². The second-order valence-electron chi connectivity index (χ2n) is 12.7. The van der Waals surface area contributed by atoms with Crippen LogP contribution in [0.4, 0.5) is 0 Å². The molecule has 2 unspecified atom stereocenters. The highest BCUT2D eigenvalue weighted by Gasteiger charge is 2.54. The lowest BCUT2D eigenvalue weighted by Crippen LogP contribution is -2.58. The molecule has 0 aromatic carbocycles. The van der Waals surface area contributed by atoms with E-state index in [1.807, 2.05) is 26.0 Å². The standard InChI is InChI=1S/C32H54N2O7/c1-8-24(39-7)22(4)28-29(41-28)30-31(5,34-18-10-17-33-30)15-9-11-20(2)27-21(3)12-13-25(36)32(6,38)16-14-23(35)19-26(37)40-27/h9,11-13,15,21-25,27-30,33-36,38H,8,10,14,16-19H2,1-7H3/b13-12+,15-9+,20-11+/t21-,22+,23+,24-,25-,27+,28+,29-,30?,31?,32+/m0/s1. The molecule has 41 heavy (non-hydrogen) atoms. The molecule has 2 fully saturated rings. The molecule has 0 aliphatic carbocycles. The fourth-order valence-corrected chi connectivity index (χ4v) is 6.23. The van der Waals surface area contributed by atoms with Crippen molar-refractivity contribution in [1.29, 1.82) is 0 Å². The van der Waals surface area contributed by atoms with Gasteiger partial charge in [-0.1, -0.05) is 51.2 Å². The third-order valence-electron chi connectivity index (χ3n) is 9.18. The Bertz CT molecular complexity index is 946. The van der Waals surface area contributed by atoms with Crippen molar-refractivity contribution in [3.05, 3.63) is 36.0 Å². The van der Waals surface area contributed by atoms with Crippen LogP contribution in [0.3, 0.4) is 0 Å². The molecule has 0 aromatic rings. The number of carbonyl (C=O) groups excluding carboxylic acids is 1. The molecular weight excluding hydrogens is 524 g/mol. The highest BCUT2D eigenvalue weighted by Crippen LogP contribution is 2.39. The maximum Gasteiger partial charge on any atom is 0.309 e. The zero-order chi connectivity index (χ0) is 30.4. The van der Waals surface area contributed by atoms with Gasteiger partial charge in [-0.05, 0) is 65.1 Å². The Labute approximate surface area is 246 Å². The Kier molecular flexibility index (Phi) is 12.2. The Hall–Kier alpha value is -1.59. The Morgan fingerprint density at radius 2 is 2.00 bits per heavy atom. The summed E-state index contributed by atoms with van der Waals surface area (Å²) in [5.74, 6) is -0.461. The Morgan fingerprint density at radius 3 is 2.68 bits per heavy atom. The summed E-state index contributed by atoms with van der Waals surface area (Å²) in [7, 11) is 1.76. The molecule has 3 aliphatic heterocycles. The van der Waals surface area contributed by atoms with Crippen LogP contribution in [0.2, 0.25) is 0 Å². The average molecular weight is 579 g/mol. The third kappa shape index (κ3) is 8.95. The molecule has 11 atom stereocenters. The van der Waals surface area contributed by atoms with Crippen LogP contribution in [0.25, 0.3) is 0 Å². The summed E-state index contributed by atoms with van der Waals surface area (Å²) in [6, 6.07) is 0.0774. The number of hydrogen-bond acceptors (Lipinski definition) is 9. The van der Waals surface area contributed by atoms with E-state index in [9.17, 15) is 20.1 Å². The van der Waals surface area contributed by atoms with Gasteiger partial charge in [0.25, 0.3) is 0 Å². The van der Waals surface area contributed by atoms with E-state index in [4.69, 9.17) is 14.2 Å². The summed E-state index contributed by atoms with van der Waals surface area (Å²) >= 11 is 0. The molecule has 0 radical (unpaired) electrons. The van der Waals surface area contributed by atoms with Gasteiger partial charge >= 0.3 is 5.97 Å². The van der Waals surface area contributed by atoms with Crippen molar-refractivity contribution in [2.24, 2.45) is 11.8 Å². The smallest absolute Gasteiger partial charge is 0.309 e. The minimum absolute atomic E-state index is 0.0759. The third-order valence-corrected chi connectivity index (χ3v) is 9.18. The van der Waals surface area contributed by atoms with Gasteiger partial charge in [-0.3, -0.25) is 4.79 Å². The number of methoxy groups -OCH3 is 1. The zero-order valence-electron chi connectivity index (χ0n) is 26.0. The van der Waals surface area contributed by atoms with E-state index in [2.05, 4.69) is 37.5 Å². The van der Waals surface area contributed by atoms with Crippen LogP contribution >= 0.6 is 0 Å². The van der Waals surface area contributed by atoms with Gasteiger partial charge in [0.1, 0.15) is 18.3 Å². The van der Waals surface area contributed by atoms with Crippen molar-refractivity contribution in [3.63, 3.8) is 0 Å². The lowest BCUT2D eigenvalue weighted by atomic mass is 9.85. The molecule has 9 nitrogen and oxygen atoms in total. The molecule has 3 rings (SSSR count). The molecule has 0 aromatic heterocycles. The number of nitrogens with one attached hydrogen (secondary N) is 2. The first-order valence-electron chi connectivity index (χ1n) is 15.3. The number of hydrogen-bond donors (Lipinski definition) is 5. The van der Waals surface area contributed by atoms with E-state index in [1.54, 1.807) is 19.3 Å². The average Bonchev–Trinajstić information content (AvgIpc) is 3.73. The Balaban J connectivity index is 1.79. The number of aliphatic hydroxyl groups is 3. The monoisotopic (exact) mass is 578 g/mol. The number of cyclic esters (lactones) is 1. The van der Waals surface area contributed by atoms with Crippen molar-refractivity contribution >= 4 is 5.97 Å². The van der Waals surface area contributed by atoms with Crippen molar-refractivity contribution < 1.29 is 34.3 Å². The van der Waals surface area contributed by atoms with Gasteiger partial charge < -0.3 is 40.2 Å². The molecule has 0 spiro atoms. The van der Waals surface area contributed by atoms with Gasteiger partial charge in [0, 0.05) is 18.9 Å². The number of epoxide rings is 1. The van der Waals surface area contributed by atoms with E-state index in [-0.39, 0.29) is 55.1 Å². The minimum atomic E-state index is -1.40. The van der Waals surface area contributed by atoms with Crippen molar-refractivity contribution in [2.75, 3.05) is 20.2 Å². The van der Waals surface area contributed by atoms with Gasteiger partial charge in [-0.15, -0.1) is 0 Å². The summed E-state index contributed by atoms with van der Waals surface area (Å²) in [6.07, 6.45) is 9.30. The first-order valence-corrected chi connectivity index (χ1v) is 15.3. The number of aliphatic hydroxyl groups excluding tert-OH is 2. The highest BCUT2D eigenvalue weighted by atomic mass is 16.6. The van der Waals surface area contributed by atoms with Gasteiger partial charge in [0.05, 0.1) is 41.9 Å². The normalized spacial score (nSPS) is 42.0. The van der Waals surface area contributed by atoms with Crippen LogP contribution in [-0.2, 0) is 19.0 Å². The number of rotatable bonds is 8. The summed E-state index contributed by atoms with van der Waals surface area (Å²) in [4.78, 5) is 12.7. The largest absolute Gasteiger partial charge is 0.457 e. The van der Waals surface area contributed by atoms with Gasteiger partial charge in [0.15, 0.2) is 0 Å². The fourth-order valence-electron chi connectivity index (χ4n) is 6.23. The molecule has 234 valence electrons. The van der Waals surface area contributed by atoms with Gasteiger partial charge in [0.2, 0.25) is 0 Å². The number of allylic oxidation sites excluding steroid dienone is 2. The molecule has 0 saturated carbocycles. The second kappa shape index (κ2) is 14.7. The highest BCUT2D eigenvalue weighted by molar-refractivity contribution is 5.70. The summed E-state index contributed by atoms with van der Waals surface area (Å²) in [5.41, 5.74) is -0.935. The van der Waals surface area contributed by atoms with E-state index in [0.29, 0.717) is 5.92 Å². The van der Waals surface area contributed by atoms with Crippen LogP contribution < -0.4 is 10.6 Å². The quantitative estimate of drug-likeness (QED) is 0.128. The van der Waals surface area contributed by atoms with Gasteiger partial charge in [-0.25, -0.2) is 0 Å². The van der Waals surface area contributed by atoms with Crippen LogP contribution in [0, 0.1) is 11.8 Å². The van der Waals surface area contributed by atoms with E-state index >= 15 is 0 Å². The second-order valence-corrected chi connectivity index (χ2v) is 12.7. The summed E-state index contributed by atoms with van der Waals surface area (Å²) in [6.45, 7) is 13.7. The van der Waals surface area contributed by atoms with E-state index in [1.165, 1.54) is 6.92 Å². The van der Waals surface area contributed by atoms with Crippen LogP contribution in [-0.4, -0.2) is 95.3 Å². The van der Waals surface area contributed by atoms with Crippen LogP contribution in [0.1, 0.15) is 73.6 Å². The predicted molar refractivity (Wildman–Crippen MR) is 159 cm³/mol. The molecule has 3 aliphatic rings. The number of carbonyl (C=O) groups is 1. The topological polar surface area (TPSA) is 133 Å². The molecule has 9 heteroatoms. The lowest BCUT2D eigenvalue weighted by Gasteiger charge is -2.34. The minimum Gasteiger partial charge on any atom is -0.457 e. The SMILES string of the molecule is CC[C@H](OC)[C@@H](C)[C@H]1O[C@@H]1C1NCCCNC1(C)/C=C/C=C(\C)[C@H]1OC(=O)C[C@H](O)CC[C@@](C)(O)[C@@H](O)/C=C/[C@@H]1C. The maximum atomic E-state index is 12.7. The first kappa shape index (κ1) is 33.9. The molecule has 5 N–H and O–H groups in total. The van der Waals surface area contributed by atoms with Crippen molar-refractivity contribution in [3.8, 4) is 0 Å². The number of ether oxygens (including phenoxy) is 3. The lowest BCUT2D eigenvalue weighted by molar-refractivity contribution is -0.151. The van der Waals surface area contributed by atoms with E-state index < -0.39 is 29.9 Å². The van der Waals surface area contributed by atoms with Crippen LogP contribution in [0.15, 0.2) is 36.0 Å². The molecule has 0 bridgehead atoms. The maximum absolute atomic E-state index is 12.7. The predicted octanol–water partition coefficient (Wildman–Crippen LogP) is 2.79. The molecule has 3 heterocycles. The zero-order valence-corrected chi connectivity index (χ0v) is 26.0. The molecule has 0 amide bonds. The van der Waals surface area contributed by atoms with Crippen molar-refractivity contribution in [2.45, 2.75) is 127 Å². The summed E-state index contributed by atoms with van der Waals surface area (Å²) in [5, 5.41) is 38.9. The molecular formula is C32H54N2O7. The van der Waals surface area contributed by atoms with Crippen molar-refractivity contribution in [1.82, 2.24) is 10.6 Å². The van der Waals surface area contributed by atoms with Gasteiger partial charge in [-0.2, -0.15) is 0 Å². The Morgan fingerprint density at radius 1 is 1.27 bits per heavy atom. The fraction of sp³-hybridized carbons (Fsp3) is 0.781. The number of esters is 1. The first-order chi connectivity index (χ1) is 19.3. The molecule has 2 saturated heterocycles. The summed E-state index contributed by atoms with van der Waals surface area (Å²) < 4.78 is 17.8.